The third kappa shape index (κ3) is 12.0. The van der Waals surface area contributed by atoms with Crippen LogP contribution in [0.2, 0.25) is 0 Å². The largest absolute Gasteiger partial charge is 2.00 e. The zero-order valence-electron chi connectivity index (χ0n) is 17.3. The Bertz CT molecular complexity index is 1000. The van der Waals surface area contributed by atoms with Crippen LogP contribution in [-0.4, -0.2) is 40.1 Å². The van der Waals surface area contributed by atoms with Crippen molar-refractivity contribution in [3.05, 3.63) is 104 Å². The van der Waals surface area contributed by atoms with Crippen LogP contribution in [-0.2, 0) is 11.0 Å². The molecule has 0 fully saturated rings. The average Bonchev–Trinajstić information content (AvgIpc) is 2.80. The Morgan fingerprint density at radius 1 is 0.514 bits per heavy atom. The van der Waals surface area contributed by atoms with E-state index >= 15 is 0 Å². The molecule has 0 aliphatic carbocycles. The second-order valence-corrected chi connectivity index (χ2v) is 5.40. The van der Waals surface area contributed by atoms with Crippen LogP contribution < -0.4 is 0 Å². The molecule has 0 bridgehead atoms. The van der Waals surface area contributed by atoms with E-state index in [1.807, 2.05) is 54.6 Å². The molecule has 16 nitrogen and oxygen atoms in total. The van der Waals surface area contributed by atoms with Crippen LogP contribution in [0.4, 0.5) is 0 Å². The molecule has 0 saturated heterocycles. The Balaban J connectivity index is 0. The van der Waals surface area contributed by atoms with Crippen LogP contribution in [0.5, 0.6) is 0 Å². The van der Waals surface area contributed by atoms with E-state index in [2.05, 4.69) is 29.9 Å². The fourth-order valence-electron chi connectivity index (χ4n) is 2.20. The first kappa shape index (κ1) is 33.0. The van der Waals surface area contributed by atoms with Crippen molar-refractivity contribution in [1.29, 1.82) is 0 Å². The van der Waals surface area contributed by atoms with Crippen molar-refractivity contribution in [2.45, 2.75) is 0 Å². The van der Waals surface area contributed by atoms with Gasteiger partial charge in [0.25, 0.3) is 0 Å². The zero-order chi connectivity index (χ0) is 23.3. The van der Waals surface area contributed by atoms with Crippen LogP contribution in [0.1, 0.15) is 0 Å². The van der Waals surface area contributed by atoms with E-state index in [4.69, 9.17) is 30.6 Å². The third-order valence-electron chi connectivity index (χ3n) is 3.32. The van der Waals surface area contributed by atoms with Gasteiger partial charge in [0.15, 0.2) is 17.5 Å². The molecule has 0 unspecified atom stereocenters. The summed E-state index contributed by atoms with van der Waals surface area (Å²) in [6.45, 7) is 0. The number of hydrogen-bond acceptors (Lipinski definition) is 12. The Labute approximate surface area is 220 Å². The Morgan fingerprint density at radius 2 is 0.743 bits per heavy atom. The molecule has 17 heteroatoms. The Kier molecular flexibility index (Phi) is 16.3. The van der Waals surface area contributed by atoms with Crippen LogP contribution >= 0.6 is 0 Å². The average molecular weight is 706 g/mol. The van der Waals surface area contributed by atoms with Gasteiger partial charge in [0.2, 0.25) is 0 Å². The number of pyridine rings is 3. The second-order valence-electron chi connectivity index (χ2n) is 5.40. The SMILES string of the molecule is O=[N+]([O-])[O-].O=[N+]([O-])[O-].[O-2].[O-2].[U].c1ccc(-c2nc(-c3ccccn3)nc(-c3ccccn3)n2)nc1. The Hall–Kier alpha value is -4.17. The van der Waals surface area contributed by atoms with Gasteiger partial charge in [-0.2, -0.15) is 0 Å². The summed E-state index contributed by atoms with van der Waals surface area (Å²) in [5.41, 5.74) is 2.03. The first-order valence-electron chi connectivity index (χ1n) is 8.50. The predicted octanol–water partition coefficient (Wildman–Crippen LogP) is 2.34. The molecule has 0 spiro atoms. The number of aromatic nitrogens is 6. The van der Waals surface area contributed by atoms with Crippen LogP contribution in [0.25, 0.3) is 34.6 Å². The second kappa shape index (κ2) is 17.3. The molecule has 0 amide bonds. The summed E-state index contributed by atoms with van der Waals surface area (Å²) >= 11 is 0. The quantitative estimate of drug-likeness (QED) is 0.219. The molecule has 0 saturated carbocycles. The Morgan fingerprint density at radius 3 is 0.914 bits per heavy atom. The first-order valence-corrected chi connectivity index (χ1v) is 8.50. The van der Waals surface area contributed by atoms with Crippen molar-refractivity contribution < 1.29 is 52.2 Å². The van der Waals surface area contributed by atoms with E-state index in [1.54, 1.807) is 18.6 Å². The normalized spacial score (nSPS) is 8.57. The van der Waals surface area contributed by atoms with Crippen molar-refractivity contribution in [3.63, 3.8) is 0 Å². The van der Waals surface area contributed by atoms with E-state index in [0.717, 1.165) is 0 Å². The van der Waals surface area contributed by atoms with E-state index in [0.29, 0.717) is 34.6 Å². The van der Waals surface area contributed by atoms with Crippen molar-refractivity contribution in [2.24, 2.45) is 0 Å². The molecule has 0 atom stereocenters. The number of hydrogen-bond donors (Lipinski definition) is 0. The van der Waals surface area contributed by atoms with Crippen molar-refractivity contribution >= 4 is 0 Å². The van der Waals surface area contributed by atoms with Gasteiger partial charge in [0.05, 0.1) is 10.2 Å². The van der Waals surface area contributed by atoms with Crippen molar-refractivity contribution in [3.8, 4) is 34.6 Å². The van der Waals surface area contributed by atoms with Gasteiger partial charge in [0, 0.05) is 49.7 Å². The summed E-state index contributed by atoms with van der Waals surface area (Å²) in [5.74, 6) is 1.48. The molecule has 0 N–H and O–H groups in total. The molecular weight excluding hydrogens is 694 g/mol. The minimum absolute atomic E-state index is 0. The molecule has 0 radical (unpaired) electrons. The summed E-state index contributed by atoms with van der Waals surface area (Å²) in [6.07, 6.45) is 5.13. The van der Waals surface area contributed by atoms with Gasteiger partial charge >= 0.3 is 0 Å². The number of rotatable bonds is 3. The predicted molar refractivity (Wildman–Crippen MR) is 112 cm³/mol. The van der Waals surface area contributed by atoms with Gasteiger partial charge in [-0.05, 0) is 36.4 Å². The molecule has 35 heavy (non-hydrogen) atoms. The molecule has 0 aromatic carbocycles. The summed E-state index contributed by atoms with van der Waals surface area (Å²) in [7, 11) is 0. The van der Waals surface area contributed by atoms with Gasteiger partial charge in [-0.15, -0.1) is 0 Å². The van der Waals surface area contributed by atoms with Gasteiger partial charge in [-0.25, -0.2) is 15.0 Å². The molecule has 4 rings (SSSR count). The zero-order valence-corrected chi connectivity index (χ0v) is 21.4. The minimum atomic E-state index is -1.75. The maximum Gasteiger partial charge on any atom is 0.182 e. The smallest absolute Gasteiger partial charge is 0.182 e. The van der Waals surface area contributed by atoms with E-state index < -0.39 is 10.2 Å². The third-order valence-corrected chi connectivity index (χ3v) is 3.32. The standard InChI is InChI=1S/C18H12N6.2NO3.2O.U/c1-4-10-19-13(7-1)16-22-17(14-8-2-5-11-20-14)24-18(23-16)15-9-3-6-12-21-15;2*2-1(3)4;;;/h1-12H;;;;;/q;2*-1;2*-2;. The maximum atomic E-state index is 8.25. The first-order chi connectivity index (χ1) is 15.4. The molecule has 182 valence electrons. The maximum absolute atomic E-state index is 8.25. The van der Waals surface area contributed by atoms with Crippen LogP contribution in [0.15, 0.2) is 73.2 Å². The summed E-state index contributed by atoms with van der Waals surface area (Å²) in [4.78, 5) is 43.0. The monoisotopic (exact) mass is 706 g/mol. The molecule has 0 aliphatic heterocycles. The topological polar surface area (TPSA) is 267 Å². The van der Waals surface area contributed by atoms with Gasteiger partial charge in [0.1, 0.15) is 17.1 Å². The summed E-state index contributed by atoms with van der Waals surface area (Å²) in [5, 5.41) is 29.5. The van der Waals surface area contributed by atoms with Crippen LogP contribution in [0.3, 0.4) is 0 Å². The van der Waals surface area contributed by atoms with Gasteiger partial charge in [-0.3, -0.25) is 15.0 Å². The summed E-state index contributed by atoms with van der Waals surface area (Å²) in [6, 6.07) is 16.8. The van der Waals surface area contributed by atoms with E-state index in [1.165, 1.54) is 0 Å². The molecular formula is C18H12N8O8U-6. The molecule has 4 aromatic rings. The summed E-state index contributed by atoms with van der Waals surface area (Å²) < 4.78 is 0. The number of nitrogens with zero attached hydrogens (tertiary/aromatic N) is 8. The van der Waals surface area contributed by atoms with Crippen molar-refractivity contribution in [1.82, 2.24) is 29.9 Å². The molecule has 0 aliphatic rings. The van der Waals surface area contributed by atoms with E-state index in [9.17, 15) is 0 Å². The van der Waals surface area contributed by atoms with E-state index in [-0.39, 0.29) is 42.1 Å². The molecule has 4 heterocycles. The fraction of sp³-hybridized carbons (Fsp3) is 0. The van der Waals surface area contributed by atoms with Crippen LogP contribution in [0, 0.1) is 61.8 Å². The molecule has 4 aromatic heterocycles. The van der Waals surface area contributed by atoms with Gasteiger partial charge < -0.3 is 41.6 Å². The van der Waals surface area contributed by atoms with Gasteiger partial charge in [-0.1, -0.05) is 18.2 Å². The minimum Gasteiger partial charge on any atom is -2.00 e. The van der Waals surface area contributed by atoms with Crippen molar-refractivity contribution in [2.75, 3.05) is 0 Å². The fourth-order valence-corrected chi connectivity index (χ4v) is 2.20.